The fraction of sp³-hybridized carbons (Fsp3) is 0.500. The van der Waals surface area contributed by atoms with Crippen LogP contribution in [0.15, 0.2) is 41.8 Å². The Bertz CT molecular complexity index is 834. The summed E-state index contributed by atoms with van der Waals surface area (Å²) in [6, 6.07) is 3.15. The number of hydrogen-bond acceptors (Lipinski definition) is 3. The van der Waals surface area contributed by atoms with Gasteiger partial charge in [-0.2, -0.15) is 17.5 Å². The monoisotopic (exact) mass is 402 g/mol. The molecule has 0 radical (unpaired) electrons. The van der Waals surface area contributed by atoms with E-state index in [1.165, 1.54) is 21.3 Å². The largest absolute Gasteiger partial charge is 0.416 e. The lowest BCUT2D eigenvalue weighted by Crippen LogP contribution is -2.52. The fourth-order valence-electron chi connectivity index (χ4n) is 3.47. The number of halogens is 3. The van der Waals surface area contributed by atoms with Crippen LogP contribution in [0.2, 0.25) is 0 Å². The van der Waals surface area contributed by atoms with E-state index < -0.39 is 27.8 Å². The lowest BCUT2D eigenvalue weighted by atomic mass is 10.1. The van der Waals surface area contributed by atoms with E-state index in [0.29, 0.717) is 38.3 Å². The normalized spacial score (nSPS) is 21.3. The average molecular weight is 402 g/mol. The Hall–Kier alpha value is -1.87. The van der Waals surface area contributed by atoms with Crippen LogP contribution in [-0.2, 0) is 21.0 Å². The second kappa shape index (κ2) is 7.27. The Kier molecular flexibility index (Phi) is 5.36. The SMILES string of the molecule is C=CC(=O)N1CCCC(N(C2CC2)S(=O)(=O)c2cccc(C(F)(F)F)c2)C1. The van der Waals surface area contributed by atoms with Crippen molar-refractivity contribution in [2.45, 2.75) is 48.8 Å². The molecule has 3 rings (SSSR count). The van der Waals surface area contributed by atoms with Gasteiger partial charge in [-0.1, -0.05) is 12.6 Å². The number of sulfonamides is 1. The minimum Gasteiger partial charge on any atom is -0.338 e. The molecule has 1 aromatic carbocycles. The number of hydrogen-bond donors (Lipinski definition) is 0. The highest BCUT2D eigenvalue weighted by Crippen LogP contribution is 2.37. The molecular formula is C18H21F3N2O3S. The number of likely N-dealkylation sites (tertiary alicyclic amines) is 1. The Morgan fingerprint density at radius 2 is 1.93 bits per heavy atom. The second-order valence-corrected chi connectivity index (χ2v) is 8.72. The van der Waals surface area contributed by atoms with Crippen LogP contribution in [0.25, 0.3) is 0 Å². The van der Waals surface area contributed by atoms with Gasteiger partial charge in [0.05, 0.1) is 10.5 Å². The topological polar surface area (TPSA) is 57.7 Å². The van der Waals surface area contributed by atoms with Crippen molar-refractivity contribution in [1.29, 1.82) is 0 Å². The first kappa shape index (κ1) is 19.9. The number of alkyl halides is 3. The van der Waals surface area contributed by atoms with Gasteiger partial charge in [0, 0.05) is 25.2 Å². The van der Waals surface area contributed by atoms with E-state index in [2.05, 4.69) is 6.58 Å². The molecule has 5 nitrogen and oxygen atoms in total. The molecule has 1 saturated carbocycles. The minimum atomic E-state index is -4.62. The molecule has 0 bridgehead atoms. The summed E-state index contributed by atoms with van der Waals surface area (Å²) in [5, 5.41) is 0. The Labute approximate surface area is 156 Å². The summed E-state index contributed by atoms with van der Waals surface area (Å²) >= 11 is 0. The molecule has 1 heterocycles. The molecule has 2 aliphatic rings. The molecule has 1 atom stereocenters. The van der Waals surface area contributed by atoms with E-state index in [1.807, 2.05) is 0 Å². The predicted molar refractivity (Wildman–Crippen MR) is 93.3 cm³/mol. The fourth-order valence-corrected chi connectivity index (χ4v) is 5.40. The Morgan fingerprint density at radius 1 is 1.22 bits per heavy atom. The van der Waals surface area contributed by atoms with Crippen molar-refractivity contribution < 1.29 is 26.4 Å². The summed E-state index contributed by atoms with van der Waals surface area (Å²) < 4.78 is 66.7. The molecule has 9 heteroatoms. The molecule has 1 aromatic rings. The maximum Gasteiger partial charge on any atom is 0.416 e. The zero-order chi connectivity index (χ0) is 19.8. The van der Waals surface area contributed by atoms with Gasteiger partial charge in [-0.05, 0) is 50.0 Å². The van der Waals surface area contributed by atoms with Gasteiger partial charge in [0.2, 0.25) is 15.9 Å². The van der Waals surface area contributed by atoms with Crippen molar-refractivity contribution in [3.63, 3.8) is 0 Å². The van der Waals surface area contributed by atoms with Crippen molar-refractivity contribution in [1.82, 2.24) is 9.21 Å². The van der Waals surface area contributed by atoms with Crippen LogP contribution in [0, 0.1) is 0 Å². The molecule has 1 unspecified atom stereocenters. The number of benzene rings is 1. The zero-order valence-electron chi connectivity index (χ0n) is 14.7. The van der Waals surface area contributed by atoms with Crippen LogP contribution in [0.4, 0.5) is 13.2 Å². The van der Waals surface area contributed by atoms with Crippen LogP contribution < -0.4 is 0 Å². The first-order valence-electron chi connectivity index (χ1n) is 8.76. The first-order valence-corrected chi connectivity index (χ1v) is 10.2. The van der Waals surface area contributed by atoms with E-state index in [-0.39, 0.29) is 23.4 Å². The Morgan fingerprint density at radius 3 is 2.52 bits per heavy atom. The maximum absolute atomic E-state index is 13.2. The van der Waals surface area contributed by atoms with Gasteiger partial charge >= 0.3 is 6.18 Å². The molecule has 0 spiro atoms. The highest BCUT2D eigenvalue weighted by molar-refractivity contribution is 7.89. The summed E-state index contributed by atoms with van der Waals surface area (Å²) in [5.74, 6) is -0.271. The van der Waals surface area contributed by atoms with Gasteiger partial charge in [-0.25, -0.2) is 8.42 Å². The highest BCUT2D eigenvalue weighted by Gasteiger charge is 2.44. The molecular weight excluding hydrogens is 381 g/mol. The second-order valence-electron chi connectivity index (χ2n) is 6.88. The van der Waals surface area contributed by atoms with Gasteiger partial charge in [0.1, 0.15) is 0 Å². The number of carbonyl (C=O) groups is 1. The van der Waals surface area contributed by atoms with Crippen molar-refractivity contribution in [3.05, 3.63) is 42.5 Å². The van der Waals surface area contributed by atoms with Crippen LogP contribution in [-0.4, -0.2) is 48.7 Å². The number of rotatable bonds is 5. The number of amides is 1. The maximum atomic E-state index is 13.2. The van der Waals surface area contributed by atoms with Crippen LogP contribution in [0.3, 0.4) is 0 Å². The van der Waals surface area contributed by atoms with Crippen molar-refractivity contribution in [3.8, 4) is 0 Å². The average Bonchev–Trinajstić information content (AvgIpc) is 3.45. The molecule has 148 valence electrons. The molecule has 1 aliphatic heterocycles. The molecule has 0 aromatic heterocycles. The smallest absolute Gasteiger partial charge is 0.338 e. The quantitative estimate of drug-likeness (QED) is 0.712. The minimum absolute atomic E-state index is 0.222. The van der Waals surface area contributed by atoms with Gasteiger partial charge in [0.25, 0.3) is 0 Å². The van der Waals surface area contributed by atoms with Gasteiger partial charge in [-0.15, -0.1) is 0 Å². The van der Waals surface area contributed by atoms with E-state index in [1.54, 1.807) is 0 Å². The number of piperidine rings is 1. The lowest BCUT2D eigenvalue weighted by molar-refractivity contribution is -0.137. The van der Waals surface area contributed by atoms with Crippen LogP contribution in [0.5, 0.6) is 0 Å². The zero-order valence-corrected chi connectivity index (χ0v) is 15.5. The van der Waals surface area contributed by atoms with Crippen molar-refractivity contribution >= 4 is 15.9 Å². The van der Waals surface area contributed by atoms with Gasteiger partial charge in [-0.3, -0.25) is 4.79 Å². The highest BCUT2D eigenvalue weighted by atomic mass is 32.2. The van der Waals surface area contributed by atoms with Crippen molar-refractivity contribution in [2.75, 3.05) is 13.1 Å². The molecule has 1 aliphatic carbocycles. The van der Waals surface area contributed by atoms with Crippen molar-refractivity contribution in [2.24, 2.45) is 0 Å². The van der Waals surface area contributed by atoms with E-state index >= 15 is 0 Å². The third-order valence-electron chi connectivity index (χ3n) is 4.89. The number of nitrogens with zero attached hydrogens (tertiary/aromatic N) is 2. The number of carbonyl (C=O) groups excluding carboxylic acids is 1. The van der Waals surface area contributed by atoms with Gasteiger partial charge in [0.15, 0.2) is 0 Å². The van der Waals surface area contributed by atoms with Crippen LogP contribution >= 0.6 is 0 Å². The van der Waals surface area contributed by atoms with Crippen LogP contribution in [0.1, 0.15) is 31.2 Å². The molecule has 2 fully saturated rings. The molecule has 0 N–H and O–H groups in total. The Balaban J connectivity index is 1.93. The third kappa shape index (κ3) is 4.19. The summed E-state index contributed by atoms with van der Waals surface area (Å²) in [4.78, 5) is 13.1. The standard InChI is InChI=1S/C18H21F3N2O3S/c1-2-17(24)22-10-4-6-15(12-22)23(14-8-9-14)27(25,26)16-7-3-5-13(11-16)18(19,20)21/h2-3,5,7,11,14-15H,1,4,6,8-10,12H2. The third-order valence-corrected chi connectivity index (χ3v) is 6.89. The van der Waals surface area contributed by atoms with E-state index in [4.69, 9.17) is 0 Å². The van der Waals surface area contributed by atoms with E-state index in [9.17, 15) is 26.4 Å². The van der Waals surface area contributed by atoms with Gasteiger partial charge < -0.3 is 4.90 Å². The molecule has 1 saturated heterocycles. The summed E-state index contributed by atoms with van der Waals surface area (Å²) in [5.41, 5.74) is -0.994. The lowest BCUT2D eigenvalue weighted by Gasteiger charge is -2.38. The molecule has 27 heavy (non-hydrogen) atoms. The van der Waals surface area contributed by atoms with E-state index in [0.717, 1.165) is 12.1 Å². The predicted octanol–water partition coefficient (Wildman–Crippen LogP) is 3.04. The molecule has 1 amide bonds. The summed E-state index contributed by atoms with van der Waals surface area (Å²) in [7, 11) is -4.11. The first-order chi connectivity index (χ1) is 12.6. The summed E-state index contributed by atoms with van der Waals surface area (Å²) in [6.07, 6.45) is -0.894. The summed E-state index contributed by atoms with van der Waals surface area (Å²) in [6.45, 7) is 4.19.